The molecule has 1 unspecified atom stereocenters. The van der Waals surface area contributed by atoms with Crippen LogP contribution in [0.1, 0.15) is 18.9 Å². The standard InChI is InChI=1S/C12H16N4/c1-15-7-3-4-10(8-15)16-9-14-11-5-2-6-13-12(11)16/h2,5-6,9-10H,3-4,7-8H2,1H3. The third-order valence-electron chi connectivity index (χ3n) is 3.32. The van der Waals surface area contributed by atoms with Crippen molar-refractivity contribution in [2.75, 3.05) is 20.1 Å². The molecule has 0 aromatic carbocycles. The quantitative estimate of drug-likeness (QED) is 0.727. The molecule has 0 spiro atoms. The lowest BCUT2D eigenvalue weighted by molar-refractivity contribution is 0.214. The lowest BCUT2D eigenvalue weighted by Crippen LogP contribution is -2.33. The van der Waals surface area contributed by atoms with Crippen molar-refractivity contribution >= 4 is 11.2 Å². The second-order valence-electron chi connectivity index (χ2n) is 4.56. The topological polar surface area (TPSA) is 34.0 Å². The molecule has 0 N–H and O–H groups in total. The van der Waals surface area contributed by atoms with E-state index in [-0.39, 0.29) is 0 Å². The zero-order valence-corrected chi connectivity index (χ0v) is 9.50. The average Bonchev–Trinajstić information content (AvgIpc) is 2.72. The Morgan fingerprint density at radius 2 is 2.31 bits per heavy atom. The van der Waals surface area contributed by atoms with Gasteiger partial charge in [-0.3, -0.25) is 0 Å². The van der Waals surface area contributed by atoms with Crippen LogP contribution in [0.4, 0.5) is 0 Å². The van der Waals surface area contributed by atoms with E-state index in [4.69, 9.17) is 0 Å². The van der Waals surface area contributed by atoms with E-state index in [1.165, 1.54) is 19.4 Å². The number of rotatable bonds is 1. The number of likely N-dealkylation sites (tertiary alicyclic amines) is 1. The normalized spacial score (nSPS) is 22.7. The number of fused-ring (bicyclic) bond motifs is 1. The fraction of sp³-hybridized carbons (Fsp3) is 0.500. The van der Waals surface area contributed by atoms with E-state index in [9.17, 15) is 0 Å². The summed E-state index contributed by atoms with van der Waals surface area (Å²) in [5.41, 5.74) is 2.01. The lowest BCUT2D eigenvalue weighted by atomic mass is 10.1. The third kappa shape index (κ3) is 1.59. The van der Waals surface area contributed by atoms with Crippen molar-refractivity contribution in [1.29, 1.82) is 0 Å². The molecule has 0 amide bonds. The van der Waals surface area contributed by atoms with E-state index in [0.29, 0.717) is 6.04 Å². The minimum absolute atomic E-state index is 0.527. The number of pyridine rings is 1. The first-order valence-electron chi connectivity index (χ1n) is 5.81. The summed E-state index contributed by atoms with van der Waals surface area (Å²) < 4.78 is 2.23. The predicted octanol–water partition coefficient (Wildman–Crippen LogP) is 1.70. The van der Waals surface area contributed by atoms with Gasteiger partial charge in [0.2, 0.25) is 0 Å². The molecule has 0 bridgehead atoms. The van der Waals surface area contributed by atoms with Crippen LogP contribution in [-0.4, -0.2) is 39.6 Å². The molecule has 4 heteroatoms. The first-order valence-corrected chi connectivity index (χ1v) is 5.81. The lowest BCUT2D eigenvalue weighted by Gasteiger charge is -2.30. The summed E-state index contributed by atoms with van der Waals surface area (Å²) in [7, 11) is 2.18. The SMILES string of the molecule is CN1CCCC(n2cnc3cccnc32)C1. The number of aromatic nitrogens is 3. The molecular weight excluding hydrogens is 200 g/mol. The maximum Gasteiger partial charge on any atom is 0.160 e. The highest BCUT2D eigenvalue weighted by Gasteiger charge is 2.20. The van der Waals surface area contributed by atoms with Gasteiger partial charge in [-0.05, 0) is 38.6 Å². The van der Waals surface area contributed by atoms with E-state index in [1.807, 2.05) is 24.7 Å². The molecule has 0 saturated carbocycles. The largest absolute Gasteiger partial charge is 0.311 e. The van der Waals surface area contributed by atoms with E-state index >= 15 is 0 Å². The second-order valence-corrected chi connectivity index (χ2v) is 4.56. The molecule has 4 nitrogen and oxygen atoms in total. The van der Waals surface area contributed by atoms with Crippen LogP contribution < -0.4 is 0 Å². The molecule has 84 valence electrons. The zero-order chi connectivity index (χ0) is 11.0. The Kier molecular flexibility index (Phi) is 2.36. The van der Waals surface area contributed by atoms with Crippen molar-refractivity contribution in [3.63, 3.8) is 0 Å². The Balaban J connectivity index is 1.99. The van der Waals surface area contributed by atoms with Gasteiger partial charge in [0.15, 0.2) is 5.65 Å². The number of hydrogen-bond acceptors (Lipinski definition) is 3. The summed E-state index contributed by atoms with van der Waals surface area (Å²) in [4.78, 5) is 11.2. The van der Waals surface area contributed by atoms with Crippen LogP contribution in [0.15, 0.2) is 24.7 Å². The van der Waals surface area contributed by atoms with Crippen molar-refractivity contribution in [3.05, 3.63) is 24.7 Å². The van der Waals surface area contributed by atoms with Crippen LogP contribution in [0.5, 0.6) is 0 Å². The van der Waals surface area contributed by atoms with Crippen LogP contribution in [0.2, 0.25) is 0 Å². The Morgan fingerprint density at radius 3 is 3.19 bits per heavy atom. The summed E-state index contributed by atoms with van der Waals surface area (Å²) >= 11 is 0. The monoisotopic (exact) mass is 216 g/mol. The van der Waals surface area contributed by atoms with Crippen molar-refractivity contribution in [3.8, 4) is 0 Å². The molecule has 0 radical (unpaired) electrons. The van der Waals surface area contributed by atoms with Crippen LogP contribution in [0, 0.1) is 0 Å². The van der Waals surface area contributed by atoms with Crippen molar-refractivity contribution in [1.82, 2.24) is 19.4 Å². The number of nitrogens with zero attached hydrogens (tertiary/aromatic N) is 4. The summed E-state index contributed by atoms with van der Waals surface area (Å²) in [6, 6.07) is 4.48. The third-order valence-corrected chi connectivity index (χ3v) is 3.32. The molecule has 3 rings (SSSR count). The highest BCUT2D eigenvalue weighted by atomic mass is 15.2. The molecule has 0 aliphatic carbocycles. The molecule has 2 aromatic heterocycles. The predicted molar refractivity (Wildman–Crippen MR) is 63.3 cm³/mol. The summed E-state index contributed by atoms with van der Waals surface area (Å²) in [6.07, 6.45) is 6.26. The minimum atomic E-state index is 0.527. The molecule has 1 fully saturated rings. The number of imidazole rings is 1. The van der Waals surface area contributed by atoms with Crippen molar-refractivity contribution in [2.45, 2.75) is 18.9 Å². The highest BCUT2D eigenvalue weighted by Crippen LogP contribution is 2.23. The molecule has 3 heterocycles. The van der Waals surface area contributed by atoms with E-state index in [2.05, 4.69) is 26.5 Å². The molecular formula is C12H16N4. The van der Waals surface area contributed by atoms with E-state index in [1.54, 1.807) is 0 Å². The molecule has 16 heavy (non-hydrogen) atoms. The first kappa shape index (κ1) is 9.78. The van der Waals surface area contributed by atoms with Gasteiger partial charge in [0.25, 0.3) is 0 Å². The fourth-order valence-electron chi connectivity index (χ4n) is 2.50. The number of piperidine rings is 1. The number of hydrogen-bond donors (Lipinski definition) is 0. The van der Waals surface area contributed by atoms with E-state index < -0.39 is 0 Å². The van der Waals surface area contributed by atoms with Gasteiger partial charge in [0.1, 0.15) is 5.52 Å². The van der Waals surface area contributed by atoms with Crippen molar-refractivity contribution in [2.24, 2.45) is 0 Å². The average molecular weight is 216 g/mol. The highest BCUT2D eigenvalue weighted by molar-refractivity contribution is 5.70. The Labute approximate surface area is 94.9 Å². The van der Waals surface area contributed by atoms with Gasteiger partial charge in [-0.1, -0.05) is 0 Å². The van der Waals surface area contributed by atoms with Crippen LogP contribution in [-0.2, 0) is 0 Å². The van der Waals surface area contributed by atoms with E-state index in [0.717, 1.165) is 17.7 Å². The van der Waals surface area contributed by atoms with Crippen LogP contribution in [0.25, 0.3) is 11.2 Å². The maximum atomic E-state index is 4.42. The maximum absolute atomic E-state index is 4.42. The Morgan fingerprint density at radius 1 is 1.38 bits per heavy atom. The van der Waals surface area contributed by atoms with Gasteiger partial charge in [0.05, 0.1) is 6.33 Å². The minimum Gasteiger partial charge on any atom is -0.311 e. The zero-order valence-electron chi connectivity index (χ0n) is 9.50. The molecule has 1 aliphatic heterocycles. The second kappa shape index (κ2) is 3.87. The molecule has 2 aromatic rings. The van der Waals surface area contributed by atoms with Gasteiger partial charge in [-0.15, -0.1) is 0 Å². The molecule has 1 aliphatic rings. The van der Waals surface area contributed by atoms with Crippen molar-refractivity contribution < 1.29 is 0 Å². The van der Waals surface area contributed by atoms with Gasteiger partial charge < -0.3 is 9.47 Å². The van der Waals surface area contributed by atoms with Gasteiger partial charge in [-0.2, -0.15) is 0 Å². The van der Waals surface area contributed by atoms with Crippen LogP contribution in [0.3, 0.4) is 0 Å². The molecule has 1 atom stereocenters. The Hall–Kier alpha value is -1.42. The Bertz CT molecular complexity index is 490. The summed E-state index contributed by atoms with van der Waals surface area (Å²) in [6.45, 7) is 2.30. The number of likely N-dealkylation sites (N-methyl/N-ethyl adjacent to an activating group) is 1. The smallest absolute Gasteiger partial charge is 0.160 e. The first-order chi connectivity index (χ1) is 7.84. The molecule has 1 saturated heterocycles. The van der Waals surface area contributed by atoms with Crippen LogP contribution >= 0.6 is 0 Å². The van der Waals surface area contributed by atoms with Gasteiger partial charge >= 0.3 is 0 Å². The van der Waals surface area contributed by atoms with Gasteiger partial charge in [-0.25, -0.2) is 9.97 Å². The van der Waals surface area contributed by atoms with Gasteiger partial charge in [0, 0.05) is 18.8 Å². The fourth-order valence-corrected chi connectivity index (χ4v) is 2.50. The summed E-state index contributed by atoms with van der Waals surface area (Å²) in [5.74, 6) is 0. The summed E-state index contributed by atoms with van der Waals surface area (Å²) in [5, 5.41) is 0.